The third-order valence-electron chi connectivity index (χ3n) is 5.43. The molecule has 4 rings (SSSR count). The van der Waals surface area contributed by atoms with Crippen molar-refractivity contribution in [3.63, 3.8) is 0 Å². The summed E-state index contributed by atoms with van der Waals surface area (Å²) in [6.45, 7) is 4.33. The monoisotopic (exact) mass is 464 g/mol. The van der Waals surface area contributed by atoms with Crippen molar-refractivity contribution in [2.45, 2.75) is 26.3 Å². The van der Waals surface area contributed by atoms with Gasteiger partial charge in [-0.2, -0.15) is 0 Å². The second-order valence-corrected chi connectivity index (χ2v) is 8.79. The first-order chi connectivity index (χ1) is 15.3. The number of carbonyl (C=O) groups excluding carboxylic acids is 2. The number of hydrogen-bond acceptors (Lipinski definition) is 3. The van der Waals surface area contributed by atoms with Crippen LogP contribution in [0.1, 0.15) is 36.5 Å². The van der Waals surface area contributed by atoms with Crippen LogP contribution in [0.15, 0.2) is 78.5 Å². The van der Waals surface area contributed by atoms with Crippen molar-refractivity contribution in [3.05, 3.63) is 105 Å². The van der Waals surface area contributed by atoms with Gasteiger partial charge < -0.3 is 5.32 Å². The van der Waals surface area contributed by atoms with Gasteiger partial charge >= 0.3 is 0 Å². The summed E-state index contributed by atoms with van der Waals surface area (Å²) < 4.78 is 0. The van der Waals surface area contributed by atoms with E-state index >= 15 is 0 Å². The van der Waals surface area contributed by atoms with Gasteiger partial charge in [-0.25, -0.2) is 0 Å². The van der Waals surface area contributed by atoms with Gasteiger partial charge in [-0.15, -0.1) is 0 Å². The van der Waals surface area contributed by atoms with E-state index in [-0.39, 0.29) is 18.1 Å². The molecule has 3 aromatic carbocycles. The van der Waals surface area contributed by atoms with Crippen molar-refractivity contribution in [1.82, 2.24) is 4.90 Å². The predicted molar refractivity (Wildman–Crippen MR) is 130 cm³/mol. The predicted octanol–water partition coefficient (Wildman–Crippen LogP) is 6.51. The number of halogens is 2. The molecular formula is C26H22Cl2N2O2. The van der Waals surface area contributed by atoms with E-state index in [9.17, 15) is 9.59 Å². The standard InChI is InChI=1S/C26H22Cl2N2O2/c1-16(2)17-9-13-21(14-10-17)29-24-23(18-7-11-20(27)12-8-18)25(31)30(26(24)32)15-19-5-3-4-6-22(19)28/h3-14,16,29H,15H2,1-2H3. The summed E-state index contributed by atoms with van der Waals surface area (Å²) in [7, 11) is 0. The minimum absolute atomic E-state index is 0.0892. The van der Waals surface area contributed by atoms with Crippen LogP contribution >= 0.6 is 23.2 Å². The highest BCUT2D eigenvalue weighted by Gasteiger charge is 2.39. The zero-order valence-corrected chi connectivity index (χ0v) is 19.2. The van der Waals surface area contributed by atoms with E-state index in [1.807, 2.05) is 36.4 Å². The topological polar surface area (TPSA) is 49.4 Å². The molecule has 2 amide bonds. The van der Waals surface area contributed by atoms with Gasteiger partial charge in [-0.05, 0) is 52.9 Å². The summed E-state index contributed by atoms with van der Waals surface area (Å²) in [6, 6.07) is 21.9. The van der Waals surface area contributed by atoms with E-state index in [4.69, 9.17) is 23.2 Å². The zero-order valence-electron chi connectivity index (χ0n) is 17.7. The summed E-state index contributed by atoms with van der Waals surface area (Å²) in [6.07, 6.45) is 0. The van der Waals surface area contributed by atoms with Crippen molar-refractivity contribution in [3.8, 4) is 0 Å². The molecule has 1 aliphatic rings. The van der Waals surface area contributed by atoms with Crippen molar-refractivity contribution >= 4 is 46.3 Å². The van der Waals surface area contributed by atoms with Crippen molar-refractivity contribution in [1.29, 1.82) is 0 Å². The lowest BCUT2D eigenvalue weighted by molar-refractivity contribution is -0.137. The van der Waals surface area contributed by atoms with Gasteiger partial charge in [-0.3, -0.25) is 14.5 Å². The number of anilines is 1. The van der Waals surface area contributed by atoms with Crippen LogP contribution in [-0.4, -0.2) is 16.7 Å². The molecule has 4 nitrogen and oxygen atoms in total. The average Bonchev–Trinajstić information content (AvgIpc) is 3.00. The van der Waals surface area contributed by atoms with Crippen molar-refractivity contribution in [2.75, 3.05) is 5.32 Å². The first-order valence-electron chi connectivity index (χ1n) is 10.3. The van der Waals surface area contributed by atoms with Crippen molar-refractivity contribution < 1.29 is 9.59 Å². The Morgan fingerprint density at radius 3 is 2.12 bits per heavy atom. The average molecular weight is 465 g/mol. The summed E-state index contributed by atoms with van der Waals surface area (Å²) in [5.74, 6) is -0.375. The summed E-state index contributed by atoms with van der Waals surface area (Å²) >= 11 is 12.3. The smallest absolute Gasteiger partial charge is 0.278 e. The van der Waals surface area contributed by atoms with E-state index in [2.05, 4.69) is 19.2 Å². The van der Waals surface area contributed by atoms with Gasteiger partial charge in [0.1, 0.15) is 5.70 Å². The Morgan fingerprint density at radius 1 is 0.844 bits per heavy atom. The Bertz CT molecular complexity index is 1200. The third-order valence-corrected chi connectivity index (χ3v) is 6.05. The lowest BCUT2D eigenvalue weighted by Gasteiger charge is -2.16. The van der Waals surface area contributed by atoms with E-state index < -0.39 is 5.91 Å². The van der Waals surface area contributed by atoms with Gasteiger partial charge in [-0.1, -0.05) is 79.5 Å². The maximum Gasteiger partial charge on any atom is 0.278 e. The molecule has 0 bridgehead atoms. The molecule has 0 aromatic heterocycles. The lowest BCUT2D eigenvalue weighted by Crippen LogP contribution is -2.32. The van der Waals surface area contributed by atoms with Crippen LogP contribution in [0.3, 0.4) is 0 Å². The number of hydrogen-bond donors (Lipinski definition) is 1. The van der Waals surface area contributed by atoms with E-state index in [0.717, 1.165) is 5.69 Å². The van der Waals surface area contributed by atoms with E-state index in [0.29, 0.717) is 32.7 Å². The number of carbonyl (C=O) groups is 2. The number of nitrogens with zero attached hydrogens (tertiary/aromatic N) is 1. The third kappa shape index (κ3) is 4.43. The van der Waals surface area contributed by atoms with Gasteiger partial charge in [0.25, 0.3) is 11.8 Å². The molecule has 0 saturated carbocycles. The number of amides is 2. The van der Waals surface area contributed by atoms with Gasteiger partial charge in [0.15, 0.2) is 0 Å². The molecule has 1 aliphatic heterocycles. The Hall–Kier alpha value is -3.08. The summed E-state index contributed by atoms with van der Waals surface area (Å²) in [5.41, 5.74) is 3.80. The fourth-order valence-electron chi connectivity index (χ4n) is 3.61. The Labute approximate surface area is 197 Å². The van der Waals surface area contributed by atoms with Gasteiger partial charge in [0, 0.05) is 15.7 Å². The largest absolute Gasteiger partial charge is 0.350 e. The minimum atomic E-state index is -0.396. The molecule has 6 heteroatoms. The molecule has 0 fully saturated rings. The molecule has 3 aromatic rings. The molecular weight excluding hydrogens is 443 g/mol. The van der Waals surface area contributed by atoms with Crippen LogP contribution in [0.4, 0.5) is 5.69 Å². The van der Waals surface area contributed by atoms with Crippen LogP contribution < -0.4 is 5.32 Å². The number of benzene rings is 3. The Morgan fingerprint density at radius 2 is 1.50 bits per heavy atom. The highest BCUT2D eigenvalue weighted by atomic mass is 35.5. The number of nitrogens with one attached hydrogen (secondary N) is 1. The van der Waals surface area contributed by atoms with Gasteiger partial charge in [0.2, 0.25) is 0 Å². The highest BCUT2D eigenvalue weighted by Crippen LogP contribution is 2.33. The molecule has 0 radical (unpaired) electrons. The molecule has 0 saturated heterocycles. The fourth-order valence-corrected chi connectivity index (χ4v) is 3.93. The van der Waals surface area contributed by atoms with Crippen LogP contribution in [-0.2, 0) is 16.1 Å². The second-order valence-electron chi connectivity index (χ2n) is 7.95. The van der Waals surface area contributed by atoms with Crippen LogP contribution in [0.25, 0.3) is 5.57 Å². The van der Waals surface area contributed by atoms with E-state index in [1.165, 1.54) is 10.5 Å². The molecule has 0 unspecified atom stereocenters. The fraction of sp³-hybridized carbons (Fsp3) is 0.154. The summed E-state index contributed by atoms with van der Waals surface area (Å²) in [4.78, 5) is 28.0. The van der Waals surface area contributed by atoms with Crippen molar-refractivity contribution in [2.24, 2.45) is 0 Å². The molecule has 0 aliphatic carbocycles. The summed E-state index contributed by atoms with van der Waals surface area (Å²) in [5, 5.41) is 4.24. The maximum absolute atomic E-state index is 13.4. The normalized spacial score (nSPS) is 14.0. The SMILES string of the molecule is CC(C)c1ccc(NC2=C(c3ccc(Cl)cc3)C(=O)N(Cc3ccccc3Cl)C2=O)cc1. The molecule has 32 heavy (non-hydrogen) atoms. The lowest BCUT2D eigenvalue weighted by atomic mass is 10.0. The van der Waals surface area contributed by atoms with Crippen LogP contribution in [0.2, 0.25) is 10.0 Å². The molecule has 0 spiro atoms. The molecule has 0 atom stereocenters. The van der Waals surface area contributed by atoms with E-state index in [1.54, 1.807) is 36.4 Å². The molecule has 1 N–H and O–H groups in total. The first-order valence-corrected chi connectivity index (χ1v) is 11.1. The first kappa shape index (κ1) is 22.1. The number of rotatable bonds is 6. The van der Waals surface area contributed by atoms with Gasteiger partial charge in [0.05, 0.1) is 12.1 Å². The Kier molecular flexibility index (Phi) is 6.35. The molecule has 162 valence electrons. The quantitative estimate of drug-likeness (QED) is 0.423. The zero-order chi connectivity index (χ0) is 22.8. The number of imide groups is 1. The van der Waals surface area contributed by atoms with Crippen LogP contribution in [0, 0.1) is 0 Å². The molecule has 1 heterocycles. The highest BCUT2D eigenvalue weighted by molar-refractivity contribution is 6.37. The minimum Gasteiger partial charge on any atom is -0.350 e. The Balaban J connectivity index is 1.72. The second kappa shape index (κ2) is 9.19. The van der Waals surface area contributed by atoms with Crippen LogP contribution in [0.5, 0.6) is 0 Å². The maximum atomic E-state index is 13.4.